The van der Waals surface area contributed by atoms with Crippen LogP contribution in [-0.4, -0.2) is 49.7 Å². The lowest BCUT2D eigenvalue weighted by Gasteiger charge is -2.25. The molecule has 4 aromatic rings. The molecule has 5 rings (SSSR count). The van der Waals surface area contributed by atoms with Gasteiger partial charge in [-0.25, -0.2) is 4.98 Å². The maximum absolute atomic E-state index is 13.7. The summed E-state index contributed by atoms with van der Waals surface area (Å²) in [6.07, 6.45) is 0. The Morgan fingerprint density at radius 3 is 2.38 bits per heavy atom. The topological polar surface area (TPSA) is 121 Å². The summed E-state index contributed by atoms with van der Waals surface area (Å²) in [4.78, 5) is 33.2. The first-order valence-corrected chi connectivity index (χ1v) is 12.8. The van der Waals surface area contributed by atoms with Gasteiger partial charge in [-0.2, -0.15) is 0 Å². The number of rotatable bonds is 9. The van der Waals surface area contributed by atoms with E-state index in [1.807, 2.05) is 13.0 Å². The van der Waals surface area contributed by atoms with Crippen molar-refractivity contribution in [2.45, 2.75) is 19.9 Å². The average molecular weight is 551 g/mol. The van der Waals surface area contributed by atoms with Gasteiger partial charge in [0.2, 0.25) is 11.5 Å². The number of hydrogen-bond donors (Lipinski definition) is 1. The van der Waals surface area contributed by atoms with Gasteiger partial charge >= 0.3 is 0 Å². The Kier molecular flexibility index (Phi) is 6.92. The monoisotopic (exact) mass is 550 g/mol. The van der Waals surface area contributed by atoms with Crippen molar-refractivity contribution in [3.05, 3.63) is 70.9 Å². The van der Waals surface area contributed by atoms with Gasteiger partial charge in [0.25, 0.3) is 5.91 Å². The van der Waals surface area contributed by atoms with Crippen molar-refractivity contribution >= 4 is 38.4 Å². The highest BCUT2D eigenvalue weighted by Crippen LogP contribution is 2.48. The number of aryl methyl sites for hydroxylation is 1. The first-order chi connectivity index (χ1) is 18.8. The molecule has 0 saturated carbocycles. The predicted octanol–water partition coefficient (Wildman–Crippen LogP) is 5.41. The summed E-state index contributed by atoms with van der Waals surface area (Å²) in [6, 6.07) is 10.7. The molecule has 1 atom stereocenters. The molecule has 0 fully saturated rings. The molecule has 202 valence electrons. The first kappa shape index (κ1) is 26.1. The van der Waals surface area contributed by atoms with Crippen LogP contribution < -0.4 is 23.8 Å². The number of Topliss-reactive ketones (excluding diaryl/α,β-unsaturated/α-hetero) is 1. The second kappa shape index (κ2) is 10.3. The maximum Gasteiger partial charge on any atom is 0.296 e. The van der Waals surface area contributed by atoms with Crippen molar-refractivity contribution in [3.8, 4) is 23.0 Å². The number of hydrogen-bond acceptors (Lipinski definition) is 10. The van der Waals surface area contributed by atoms with Crippen LogP contribution in [-0.2, 0) is 4.79 Å². The third kappa shape index (κ3) is 4.44. The molecule has 1 aliphatic rings. The van der Waals surface area contributed by atoms with Crippen molar-refractivity contribution in [2.24, 2.45) is 0 Å². The fourth-order valence-electron chi connectivity index (χ4n) is 4.55. The SMILES string of the molecule is CCOc1ccc2nc(N3C(=O)C(O)=C(C(=O)c4ccc(C)o4)C3c3cc(OC)c(OC)c(OC)c3)sc2c1. The Morgan fingerprint density at radius 1 is 1.08 bits per heavy atom. The fraction of sp³-hybridized carbons (Fsp3) is 0.250. The molecule has 10 nitrogen and oxygen atoms in total. The summed E-state index contributed by atoms with van der Waals surface area (Å²) >= 11 is 1.23. The van der Waals surface area contributed by atoms with Crippen molar-refractivity contribution < 1.29 is 38.1 Å². The molecule has 0 bridgehead atoms. The van der Waals surface area contributed by atoms with Crippen LogP contribution in [0.5, 0.6) is 23.0 Å². The van der Waals surface area contributed by atoms with E-state index in [9.17, 15) is 14.7 Å². The van der Waals surface area contributed by atoms with Crippen LogP contribution in [0.3, 0.4) is 0 Å². The zero-order valence-corrected chi connectivity index (χ0v) is 22.8. The third-order valence-electron chi connectivity index (χ3n) is 6.29. The van der Waals surface area contributed by atoms with Gasteiger partial charge in [-0.3, -0.25) is 14.5 Å². The van der Waals surface area contributed by atoms with Gasteiger partial charge in [-0.1, -0.05) is 11.3 Å². The number of aromatic nitrogens is 1. The summed E-state index contributed by atoms with van der Waals surface area (Å²) < 4.78 is 28.4. The molecule has 2 aromatic heterocycles. The summed E-state index contributed by atoms with van der Waals surface area (Å²) in [7, 11) is 4.41. The lowest BCUT2D eigenvalue weighted by molar-refractivity contribution is -0.117. The van der Waals surface area contributed by atoms with Crippen LogP contribution in [0.4, 0.5) is 5.13 Å². The van der Waals surface area contributed by atoms with Crippen LogP contribution in [0.1, 0.15) is 34.8 Å². The van der Waals surface area contributed by atoms with Gasteiger partial charge in [0.1, 0.15) is 11.5 Å². The number of thiazole rings is 1. The number of ketones is 1. The average Bonchev–Trinajstić information content (AvgIpc) is 3.63. The normalized spacial score (nSPS) is 15.3. The molecule has 1 aliphatic heterocycles. The number of fused-ring (bicyclic) bond motifs is 1. The zero-order chi connectivity index (χ0) is 27.8. The molecule has 3 heterocycles. The smallest absolute Gasteiger partial charge is 0.296 e. The number of aliphatic hydroxyl groups is 1. The predicted molar refractivity (Wildman–Crippen MR) is 145 cm³/mol. The number of furan rings is 1. The van der Waals surface area contributed by atoms with Crippen LogP contribution in [0, 0.1) is 6.92 Å². The minimum absolute atomic E-state index is 0.00759. The number of carbonyl (C=O) groups excluding carboxylic acids is 2. The molecule has 1 N–H and O–H groups in total. The molecule has 0 spiro atoms. The van der Waals surface area contributed by atoms with Gasteiger partial charge in [-0.05, 0) is 61.9 Å². The fourth-order valence-corrected chi connectivity index (χ4v) is 5.57. The summed E-state index contributed by atoms with van der Waals surface area (Å²) in [6.45, 7) is 4.09. The van der Waals surface area contributed by atoms with Crippen molar-refractivity contribution in [1.29, 1.82) is 0 Å². The van der Waals surface area contributed by atoms with Crippen molar-refractivity contribution in [1.82, 2.24) is 4.98 Å². The Labute approximate surface area is 228 Å². The molecule has 11 heteroatoms. The minimum atomic E-state index is -1.07. The number of methoxy groups -OCH3 is 3. The number of anilines is 1. The molecule has 2 aromatic carbocycles. The Morgan fingerprint density at radius 2 is 1.79 bits per heavy atom. The number of ether oxygens (including phenoxy) is 4. The minimum Gasteiger partial charge on any atom is -0.503 e. The number of benzene rings is 2. The van der Waals surface area contributed by atoms with Crippen LogP contribution in [0.2, 0.25) is 0 Å². The highest BCUT2D eigenvalue weighted by molar-refractivity contribution is 7.22. The maximum atomic E-state index is 13.7. The van der Waals surface area contributed by atoms with Crippen LogP contribution >= 0.6 is 11.3 Å². The van der Waals surface area contributed by atoms with E-state index in [4.69, 9.17) is 23.4 Å². The van der Waals surface area contributed by atoms with Gasteiger partial charge in [0.15, 0.2) is 28.1 Å². The molecule has 39 heavy (non-hydrogen) atoms. The Hall–Kier alpha value is -4.51. The van der Waals surface area contributed by atoms with E-state index in [0.717, 1.165) is 4.70 Å². The number of carbonyl (C=O) groups is 2. The zero-order valence-electron chi connectivity index (χ0n) is 21.9. The largest absolute Gasteiger partial charge is 0.503 e. The van der Waals surface area contributed by atoms with E-state index in [-0.39, 0.29) is 16.5 Å². The summed E-state index contributed by atoms with van der Waals surface area (Å²) in [5.74, 6) is 0.0485. The Balaban J connectivity index is 1.71. The van der Waals surface area contributed by atoms with Gasteiger partial charge < -0.3 is 28.5 Å². The van der Waals surface area contributed by atoms with E-state index < -0.39 is 23.5 Å². The highest BCUT2D eigenvalue weighted by atomic mass is 32.1. The number of amides is 1. The van der Waals surface area contributed by atoms with Crippen molar-refractivity contribution in [3.63, 3.8) is 0 Å². The molecule has 0 radical (unpaired) electrons. The van der Waals surface area contributed by atoms with Gasteiger partial charge in [0, 0.05) is 0 Å². The van der Waals surface area contributed by atoms with E-state index in [1.165, 1.54) is 43.6 Å². The summed E-state index contributed by atoms with van der Waals surface area (Å²) in [5, 5.41) is 11.4. The first-order valence-electron chi connectivity index (χ1n) is 12.0. The molecule has 0 saturated heterocycles. The van der Waals surface area contributed by atoms with E-state index >= 15 is 0 Å². The molecule has 1 unspecified atom stereocenters. The lowest BCUT2D eigenvalue weighted by atomic mass is 9.94. The van der Waals surface area contributed by atoms with Gasteiger partial charge in [0.05, 0.1) is 49.8 Å². The summed E-state index contributed by atoms with van der Waals surface area (Å²) in [5.41, 5.74) is 0.913. The molecule has 0 aliphatic carbocycles. The third-order valence-corrected chi connectivity index (χ3v) is 7.30. The second-order valence-corrected chi connectivity index (χ2v) is 9.61. The standard InChI is InChI=1S/C28H26N2O8S/c1-6-37-16-8-9-17-21(13-16)39-28(29-17)30-23(15-11-19(34-3)26(36-5)20(12-15)35-4)22(25(32)27(30)33)24(31)18-10-7-14(2)38-18/h7-13,23,32H,6H2,1-5H3. The quantitative estimate of drug-likeness (QED) is 0.273. The number of aliphatic hydroxyl groups excluding tert-OH is 1. The van der Waals surface area contributed by atoms with Crippen molar-refractivity contribution in [2.75, 3.05) is 32.8 Å². The van der Waals surface area contributed by atoms with E-state index in [1.54, 1.807) is 37.3 Å². The van der Waals surface area contributed by atoms with Crippen LogP contribution in [0.25, 0.3) is 10.2 Å². The molecular formula is C28H26N2O8S. The second-order valence-electron chi connectivity index (χ2n) is 8.60. The van der Waals surface area contributed by atoms with E-state index in [0.29, 0.717) is 46.4 Å². The highest BCUT2D eigenvalue weighted by Gasteiger charge is 2.47. The number of nitrogens with zero attached hydrogens (tertiary/aromatic N) is 2. The molecule has 1 amide bonds. The van der Waals surface area contributed by atoms with Crippen LogP contribution in [0.15, 0.2) is 58.2 Å². The lowest BCUT2D eigenvalue weighted by Crippen LogP contribution is -2.31. The Bertz CT molecular complexity index is 1590. The van der Waals surface area contributed by atoms with Gasteiger partial charge in [-0.15, -0.1) is 0 Å². The van der Waals surface area contributed by atoms with E-state index in [2.05, 4.69) is 4.98 Å². The molecular weight excluding hydrogens is 524 g/mol.